The number of pyridine rings is 1. The van der Waals surface area contributed by atoms with E-state index >= 15 is 0 Å². The Kier molecular flexibility index (Phi) is 4.14. The van der Waals surface area contributed by atoms with Crippen LogP contribution in [0.5, 0.6) is 0 Å². The van der Waals surface area contributed by atoms with Crippen LogP contribution in [0, 0.1) is 11.8 Å². The van der Waals surface area contributed by atoms with Gasteiger partial charge in [-0.2, -0.15) is 0 Å². The molecule has 1 aromatic heterocycles. The number of rotatable bonds is 5. The molecular weight excluding hydrogens is 234 g/mol. The Morgan fingerprint density at radius 3 is 2.68 bits per heavy atom. The first-order chi connectivity index (χ1) is 8.85. The Morgan fingerprint density at radius 1 is 1.42 bits per heavy atom. The fourth-order valence-electron chi connectivity index (χ4n) is 2.27. The quantitative estimate of drug-likeness (QED) is 0.883. The summed E-state index contributed by atoms with van der Waals surface area (Å²) in [6.07, 6.45) is 3.30. The normalized spacial score (nSPS) is 22.4. The van der Waals surface area contributed by atoms with Gasteiger partial charge in [-0.25, -0.2) is 0 Å². The molecule has 3 nitrogen and oxygen atoms in total. The molecule has 2 unspecified atom stereocenters. The van der Waals surface area contributed by atoms with Crippen LogP contribution in [0.4, 0.5) is 5.69 Å². The number of nitrogens with one attached hydrogen (secondary N) is 1. The molecule has 1 aliphatic carbocycles. The van der Waals surface area contributed by atoms with Gasteiger partial charge < -0.3 is 10.2 Å². The van der Waals surface area contributed by atoms with Crippen LogP contribution in [0.15, 0.2) is 18.3 Å². The van der Waals surface area contributed by atoms with E-state index in [2.05, 4.69) is 62.1 Å². The van der Waals surface area contributed by atoms with Gasteiger partial charge in [0.05, 0.1) is 5.69 Å². The largest absolute Gasteiger partial charge is 0.374 e. The van der Waals surface area contributed by atoms with Crippen LogP contribution in [0.25, 0.3) is 0 Å². The van der Waals surface area contributed by atoms with Crippen molar-refractivity contribution in [1.82, 2.24) is 10.3 Å². The first kappa shape index (κ1) is 14.3. The Bertz CT molecular complexity index is 422. The maximum atomic E-state index is 4.45. The molecule has 1 aliphatic rings. The molecule has 0 aliphatic heterocycles. The highest BCUT2D eigenvalue weighted by atomic mass is 15.1. The molecule has 19 heavy (non-hydrogen) atoms. The highest BCUT2D eigenvalue weighted by Gasteiger charge is 2.33. The van der Waals surface area contributed by atoms with Crippen LogP contribution in [0.3, 0.4) is 0 Å². The molecule has 0 aromatic carbocycles. The third kappa shape index (κ3) is 4.50. The molecule has 0 radical (unpaired) electrons. The molecule has 1 saturated carbocycles. The van der Waals surface area contributed by atoms with E-state index in [9.17, 15) is 0 Å². The standard InChI is InChI=1S/C16H27N3/c1-12-8-13(12)11-19(5)15-6-7-17-14(9-15)10-18-16(2,3)4/h6-7,9,12-13,18H,8,10-11H2,1-5H3. The number of nitrogens with zero attached hydrogens (tertiary/aromatic N) is 2. The highest BCUT2D eigenvalue weighted by molar-refractivity contribution is 5.46. The molecule has 0 spiro atoms. The van der Waals surface area contributed by atoms with E-state index in [0.717, 1.165) is 30.6 Å². The minimum atomic E-state index is 0.132. The molecule has 0 bridgehead atoms. The number of hydrogen-bond acceptors (Lipinski definition) is 3. The minimum absolute atomic E-state index is 0.132. The van der Waals surface area contributed by atoms with Crippen molar-refractivity contribution < 1.29 is 0 Å². The molecule has 2 rings (SSSR count). The lowest BCUT2D eigenvalue weighted by Crippen LogP contribution is -2.35. The van der Waals surface area contributed by atoms with Crippen LogP contribution >= 0.6 is 0 Å². The van der Waals surface area contributed by atoms with Gasteiger partial charge in [0.25, 0.3) is 0 Å². The van der Waals surface area contributed by atoms with Crippen molar-refractivity contribution >= 4 is 5.69 Å². The van der Waals surface area contributed by atoms with Crippen molar-refractivity contribution in [1.29, 1.82) is 0 Å². The van der Waals surface area contributed by atoms with E-state index in [0.29, 0.717) is 0 Å². The monoisotopic (exact) mass is 261 g/mol. The average molecular weight is 261 g/mol. The topological polar surface area (TPSA) is 28.2 Å². The molecule has 2 atom stereocenters. The maximum absolute atomic E-state index is 4.45. The molecule has 1 N–H and O–H groups in total. The molecule has 1 fully saturated rings. The van der Waals surface area contributed by atoms with Crippen molar-refractivity contribution in [3.63, 3.8) is 0 Å². The number of anilines is 1. The summed E-state index contributed by atoms with van der Waals surface area (Å²) in [6, 6.07) is 4.30. The van der Waals surface area contributed by atoms with E-state index in [4.69, 9.17) is 0 Å². The van der Waals surface area contributed by atoms with Gasteiger partial charge in [0, 0.05) is 37.6 Å². The van der Waals surface area contributed by atoms with Crippen LogP contribution < -0.4 is 10.2 Å². The average Bonchev–Trinajstić information content (AvgIpc) is 3.02. The Labute approximate surface area is 117 Å². The lowest BCUT2D eigenvalue weighted by molar-refractivity contribution is 0.421. The van der Waals surface area contributed by atoms with Crippen molar-refractivity contribution in [2.24, 2.45) is 11.8 Å². The Balaban J connectivity index is 1.94. The fourth-order valence-corrected chi connectivity index (χ4v) is 2.27. The van der Waals surface area contributed by atoms with Gasteiger partial charge in [-0.3, -0.25) is 4.98 Å². The van der Waals surface area contributed by atoms with Crippen LogP contribution in [-0.4, -0.2) is 24.1 Å². The number of hydrogen-bond donors (Lipinski definition) is 1. The van der Waals surface area contributed by atoms with Gasteiger partial charge >= 0.3 is 0 Å². The van der Waals surface area contributed by atoms with Gasteiger partial charge in [-0.05, 0) is 51.2 Å². The van der Waals surface area contributed by atoms with Gasteiger partial charge in [-0.15, -0.1) is 0 Å². The summed E-state index contributed by atoms with van der Waals surface area (Å²) in [4.78, 5) is 6.80. The summed E-state index contributed by atoms with van der Waals surface area (Å²) in [5, 5.41) is 3.48. The van der Waals surface area contributed by atoms with Crippen LogP contribution in [0.1, 0.15) is 39.8 Å². The second-order valence-electron chi connectivity index (χ2n) is 6.96. The van der Waals surface area contributed by atoms with Gasteiger partial charge in [0.15, 0.2) is 0 Å². The molecule has 3 heteroatoms. The fraction of sp³-hybridized carbons (Fsp3) is 0.688. The highest BCUT2D eigenvalue weighted by Crippen LogP contribution is 2.38. The minimum Gasteiger partial charge on any atom is -0.374 e. The first-order valence-electron chi connectivity index (χ1n) is 7.26. The van der Waals surface area contributed by atoms with Crippen molar-refractivity contribution in [2.45, 2.75) is 46.2 Å². The summed E-state index contributed by atoms with van der Waals surface area (Å²) in [7, 11) is 2.18. The molecule has 106 valence electrons. The maximum Gasteiger partial charge on any atom is 0.0562 e. The van der Waals surface area contributed by atoms with Crippen LogP contribution in [-0.2, 0) is 6.54 Å². The zero-order chi connectivity index (χ0) is 14.0. The molecule has 0 saturated heterocycles. The van der Waals surface area contributed by atoms with Gasteiger partial charge in [0.1, 0.15) is 0 Å². The lowest BCUT2D eigenvalue weighted by atomic mass is 10.1. The first-order valence-corrected chi connectivity index (χ1v) is 7.26. The second kappa shape index (κ2) is 5.49. The van der Waals surface area contributed by atoms with E-state index in [1.807, 2.05) is 6.20 Å². The molecule has 0 amide bonds. The summed E-state index contributed by atoms with van der Waals surface area (Å²) in [5.41, 5.74) is 2.52. The zero-order valence-corrected chi connectivity index (χ0v) is 12.9. The summed E-state index contributed by atoms with van der Waals surface area (Å²) in [6.45, 7) is 10.9. The van der Waals surface area contributed by atoms with E-state index < -0.39 is 0 Å². The Hall–Kier alpha value is -1.09. The predicted molar refractivity (Wildman–Crippen MR) is 81.4 cm³/mol. The molecule has 1 aromatic rings. The number of aromatic nitrogens is 1. The molecular formula is C16H27N3. The van der Waals surface area contributed by atoms with Crippen molar-refractivity contribution in [3.05, 3.63) is 24.0 Å². The van der Waals surface area contributed by atoms with Gasteiger partial charge in [-0.1, -0.05) is 6.92 Å². The lowest BCUT2D eigenvalue weighted by Gasteiger charge is -2.22. The predicted octanol–water partition coefficient (Wildman–Crippen LogP) is 3.06. The summed E-state index contributed by atoms with van der Waals surface area (Å²) < 4.78 is 0. The summed E-state index contributed by atoms with van der Waals surface area (Å²) in [5.74, 6) is 1.79. The second-order valence-corrected chi connectivity index (χ2v) is 6.96. The third-order valence-corrected chi connectivity index (χ3v) is 3.83. The van der Waals surface area contributed by atoms with E-state index in [-0.39, 0.29) is 5.54 Å². The van der Waals surface area contributed by atoms with Gasteiger partial charge in [0.2, 0.25) is 0 Å². The Morgan fingerprint density at radius 2 is 2.11 bits per heavy atom. The zero-order valence-electron chi connectivity index (χ0n) is 12.9. The van der Waals surface area contributed by atoms with Crippen molar-refractivity contribution in [3.8, 4) is 0 Å². The van der Waals surface area contributed by atoms with E-state index in [1.54, 1.807) is 0 Å². The smallest absolute Gasteiger partial charge is 0.0562 e. The van der Waals surface area contributed by atoms with E-state index in [1.165, 1.54) is 12.1 Å². The van der Waals surface area contributed by atoms with Crippen molar-refractivity contribution in [2.75, 3.05) is 18.5 Å². The SMILES string of the molecule is CC1CC1CN(C)c1ccnc(CNC(C)(C)C)c1. The summed E-state index contributed by atoms with van der Waals surface area (Å²) >= 11 is 0. The molecule has 1 heterocycles. The van der Waals surface area contributed by atoms with Crippen LogP contribution in [0.2, 0.25) is 0 Å². The third-order valence-electron chi connectivity index (χ3n) is 3.83.